The number of hydrogen-bond donors (Lipinski definition) is 5. The monoisotopic (exact) mass is 990 g/mol. The summed E-state index contributed by atoms with van der Waals surface area (Å²) in [4.78, 5) is 88.9. The van der Waals surface area contributed by atoms with Gasteiger partial charge < -0.3 is 45.9 Å². The second-order valence-corrected chi connectivity index (χ2v) is 24.4. The molecule has 2 aliphatic heterocycles. The summed E-state index contributed by atoms with van der Waals surface area (Å²) in [6.45, 7) is 22.0. The number of alkyl carbamates (subject to hydrolysis) is 2. The lowest BCUT2D eigenvalue weighted by Crippen LogP contribution is -2.61. The van der Waals surface area contributed by atoms with E-state index >= 15 is 4.79 Å². The maximum absolute atomic E-state index is 15.0. The summed E-state index contributed by atoms with van der Waals surface area (Å²) in [5.74, 6) is -1.34. The second-order valence-electron chi connectivity index (χ2n) is 24.4. The molecule has 5 N–H and O–H groups in total. The Morgan fingerprint density at radius 1 is 0.569 bits per heavy atom. The Morgan fingerprint density at radius 3 is 1.53 bits per heavy atom. The number of anilines is 1. The van der Waals surface area contributed by atoms with Crippen LogP contribution < -0.4 is 26.6 Å². The van der Waals surface area contributed by atoms with Crippen LogP contribution in [-0.2, 0) is 54.5 Å². The SMILES string of the molecule is CC(C)(C)OC(=O)NC(C(=O)N1Cc2cc(N[C@H]3CC(C(=O)NC4CCCc5ccccc54)N(C(=O)C(NC(=O)OC(C)(C)C)C(C)(C)C)C3)ccc2CC1C(=O)NC1CCCc2ccccc21)C(C)(C)C. The summed E-state index contributed by atoms with van der Waals surface area (Å²) < 4.78 is 11.2. The summed E-state index contributed by atoms with van der Waals surface area (Å²) in [6, 6.07) is 17.6. The first kappa shape index (κ1) is 53.7. The molecule has 0 bridgehead atoms. The fourth-order valence-electron chi connectivity index (χ4n) is 10.6. The molecule has 0 aromatic heterocycles. The van der Waals surface area contributed by atoms with E-state index in [9.17, 15) is 24.0 Å². The predicted octanol–water partition coefficient (Wildman–Crippen LogP) is 8.59. The van der Waals surface area contributed by atoms with Crippen LogP contribution in [0.4, 0.5) is 15.3 Å². The summed E-state index contributed by atoms with van der Waals surface area (Å²) >= 11 is 0. The van der Waals surface area contributed by atoms with Crippen LogP contribution in [0.3, 0.4) is 0 Å². The lowest BCUT2D eigenvalue weighted by molar-refractivity contribution is -0.145. The van der Waals surface area contributed by atoms with E-state index in [1.54, 1.807) is 51.3 Å². The number of rotatable bonds is 10. The highest BCUT2D eigenvalue weighted by Crippen LogP contribution is 2.36. The van der Waals surface area contributed by atoms with Crippen molar-refractivity contribution >= 4 is 41.5 Å². The van der Waals surface area contributed by atoms with E-state index in [4.69, 9.17) is 9.47 Å². The number of hydrogen-bond acceptors (Lipinski definition) is 9. The zero-order chi connectivity index (χ0) is 52.5. The third kappa shape index (κ3) is 13.1. The van der Waals surface area contributed by atoms with E-state index in [1.807, 2.05) is 84.0 Å². The molecule has 4 aliphatic rings. The summed E-state index contributed by atoms with van der Waals surface area (Å²) in [5, 5.41) is 15.9. The smallest absolute Gasteiger partial charge is 0.408 e. The van der Waals surface area contributed by atoms with E-state index in [-0.39, 0.29) is 55.9 Å². The standard InChI is InChI=1S/C57H79N7O8/c1-54(2,3)46(61-52(69)71-56(7,8)9)50(67)63-32-37-29-38(28-27-36(37)30-44(63)48(65)59-42-25-17-21-34-19-13-15-23-40(34)42)58-39-31-45(49(66)60-43-26-18-22-35-20-14-16-24-41(35)43)64(33-39)51(68)47(55(4,5)6)62-53(70)72-57(10,11)12/h13-16,19-20,23-24,27-29,39,42-47,58H,17-18,21-22,25-26,30-33H2,1-12H3,(H,59,65)(H,60,66)(H,61,69)(H,62,70)/t39-,42?,43?,44?,45?,46?,47?/m0/s1. The largest absolute Gasteiger partial charge is 0.444 e. The summed E-state index contributed by atoms with van der Waals surface area (Å²) in [6.07, 6.45) is 4.33. The third-order valence-electron chi connectivity index (χ3n) is 14.1. The number of benzene rings is 3. The number of amides is 6. The van der Waals surface area contributed by atoms with Crippen LogP contribution in [0.2, 0.25) is 0 Å². The minimum Gasteiger partial charge on any atom is -0.444 e. The van der Waals surface area contributed by atoms with Crippen molar-refractivity contribution in [2.45, 2.75) is 194 Å². The van der Waals surface area contributed by atoms with Gasteiger partial charge in [-0.2, -0.15) is 0 Å². The normalized spacial score (nSPS) is 21.9. The maximum atomic E-state index is 15.0. The van der Waals surface area contributed by atoms with E-state index < -0.39 is 70.2 Å². The number of fused-ring (bicyclic) bond motifs is 3. The number of carbonyl (C=O) groups is 6. The molecule has 6 amide bonds. The van der Waals surface area contributed by atoms with Crippen LogP contribution in [0.25, 0.3) is 0 Å². The Labute approximate surface area is 426 Å². The van der Waals surface area contributed by atoms with Gasteiger partial charge in [0.05, 0.1) is 12.1 Å². The van der Waals surface area contributed by atoms with Crippen LogP contribution >= 0.6 is 0 Å². The molecule has 0 spiro atoms. The molecule has 1 saturated heterocycles. The minimum atomic E-state index is -1.03. The third-order valence-corrected chi connectivity index (χ3v) is 14.1. The van der Waals surface area contributed by atoms with Crippen molar-refractivity contribution in [2.24, 2.45) is 10.8 Å². The Kier molecular flexibility index (Phi) is 15.8. The first-order chi connectivity index (χ1) is 33.6. The second kappa shape index (κ2) is 21.2. The molecule has 3 aromatic rings. The molecule has 2 aliphatic carbocycles. The van der Waals surface area contributed by atoms with Gasteiger partial charge in [0, 0.05) is 31.2 Å². The summed E-state index contributed by atoms with van der Waals surface area (Å²) in [7, 11) is 0. The van der Waals surface area contributed by atoms with Gasteiger partial charge in [-0.3, -0.25) is 19.2 Å². The Balaban J connectivity index is 1.17. The molecule has 0 saturated carbocycles. The van der Waals surface area contributed by atoms with E-state index in [0.29, 0.717) is 5.69 Å². The van der Waals surface area contributed by atoms with Gasteiger partial charge in [0.25, 0.3) is 0 Å². The van der Waals surface area contributed by atoms with Crippen molar-refractivity contribution in [2.75, 3.05) is 11.9 Å². The zero-order valence-electron chi connectivity index (χ0n) is 44.6. The number of likely N-dealkylation sites (tertiary alicyclic amines) is 1. The van der Waals surface area contributed by atoms with Gasteiger partial charge in [-0.1, -0.05) is 96.1 Å². The van der Waals surface area contributed by atoms with Gasteiger partial charge in [-0.05, 0) is 143 Å². The summed E-state index contributed by atoms with van der Waals surface area (Å²) in [5.41, 5.74) is 3.89. The molecule has 15 nitrogen and oxygen atoms in total. The van der Waals surface area contributed by atoms with Crippen LogP contribution in [0, 0.1) is 10.8 Å². The number of nitrogens with one attached hydrogen (secondary N) is 5. The Hall–Kier alpha value is -6.12. The van der Waals surface area contributed by atoms with Gasteiger partial charge in [0.1, 0.15) is 35.4 Å². The number of aryl methyl sites for hydroxylation is 2. The average Bonchev–Trinajstić information content (AvgIpc) is 3.71. The van der Waals surface area contributed by atoms with Gasteiger partial charge in [-0.25, -0.2) is 9.59 Å². The fourth-order valence-corrected chi connectivity index (χ4v) is 10.6. The molecule has 7 atom stereocenters. The van der Waals surface area contributed by atoms with Crippen LogP contribution in [0.15, 0.2) is 66.7 Å². The van der Waals surface area contributed by atoms with Crippen molar-refractivity contribution in [1.29, 1.82) is 0 Å². The number of ether oxygens (including phenoxy) is 2. The lowest BCUT2D eigenvalue weighted by atomic mass is 9.84. The van der Waals surface area contributed by atoms with Crippen molar-refractivity contribution in [3.8, 4) is 0 Å². The molecular formula is C57H79N7O8. The highest BCUT2D eigenvalue weighted by molar-refractivity contribution is 5.94. The van der Waals surface area contributed by atoms with Crippen molar-refractivity contribution in [3.05, 3.63) is 100 Å². The highest BCUT2D eigenvalue weighted by Gasteiger charge is 2.47. The molecule has 1 fully saturated rings. The minimum absolute atomic E-state index is 0.0817. The molecule has 2 heterocycles. The topological polar surface area (TPSA) is 188 Å². The van der Waals surface area contributed by atoms with Crippen LogP contribution in [-0.4, -0.2) is 93.6 Å². The molecule has 0 radical (unpaired) electrons. The van der Waals surface area contributed by atoms with Gasteiger partial charge >= 0.3 is 12.2 Å². The Bertz CT molecular complexity index is 2520. The van der Waals surface area contributed by atoms with Crippen LogP contribution in [0.5, 0.6) is 0 Å². The van der Waals surface area contributed by atoms with E-state index in [0.717, 1.165) is 60.8 Å². The molecule has 6 unspecified atom stereocenters. The maximum Gasteiger partial charge on any atom is 0.408 e. The van der Waals surface area contributed by atoms with Gasteiger partial charge in [0.15, 0.2) is 0 Å². The molecule has 72 heavy (non-hydrogen) atoms. The fraction of sp³-hybridized carbons (Fsp3) is 0.579. The first-order valence-electron chi connectivity index (χ1n) is 25.9. The van der Waals surface area contributed by atoms with Crippen molar-refractivity contribution < 1.29 is 38.2 Å². The van der Waals surface area contributed by atoms with E-state index in [1.165, 1.54) is 11.1 Å². The lowest BCUT2D eigenvalue weighted by Gasteiger charge is -2.41. The van der Waals surface area contributed by atoms with Crippen LogP contribution in [0.1, 0.15) is 161 Å². The first-order valence-corrected chi connectivity index (χ1v) is 25.9. The molecular weight excluding hydrogens is 911 g/mol. The Morgan fingerprint density at radius 2 is 1.04 bits per heavy atom. The number of carbonyl (C=O) groups excluding carboxylic acids is 6. The molecule has 390 valence electrons. The highest BCUT2D eigenvalue weighted by atomic mass is 16.6. The quantitative estimate of drug-likeness (QED) is 0.133. The predicted molar refractivity (Wildman–Crippen MR) is 278 cm³/mol. The molecule has 7 rings (SSSR count). The molecule has 3 aromatic carbocycles. The van der Waals surface area contributed by atoms with Gasteiger partial charge in [0.2, 0.25) is 23.6 Å². The molecule has 15 heteroatoms. The number of nitrogens with zero attached hydrogens (tertiary/aromatic N) is 2. The van der Waals surface area contributed by atoms with Crippen molar-refractivity contribution in [1.82, 2.24) is 31.1 Å². The van der Waals surface area contributed by atoms with E-state index in [2.05, 4.69) is 50.8 Å². The average molecular weight is 990 g/mol. The zero-order valence-corrected chi connectivity index (χ0v) is 44.6. The van der Waals surface area contributed by atoms with Gasteiger partial charge in [-0.15, -0.1) is 0 Å². The van der Waals surface area contributed by atoms with Crippen molar-refractivity contribution in [3.63, 3.8) is 0 Å².